The summed E-state index contributed by atoms with van der Waals surface area (Å²) in [7, 11) is 0. The highest BCUT2D eigenvalue weighted by Crippen LogP contribution is 2.25. The second-order valence-corrected chi connectivity index (χ2v) is 6.41. The van der Waals surface area contributed by atoms with Crippen LogP contribution in [0.3, 0.4) is 0 Å². The van der Waals surface area contributed by atoms with Crippen LogP contribution in [0.25, 0.3) is 0 Å². The summed E-state index contributed by atoms with van der Waals surface area (Å²) < 4.78 is 2.02. The Kier molecular flexibility index (Phi) is 4.84. The van der Waals surface area contributed by atoms with E-state index in [0.29, 0.717) is 5.02 Å². The number of hydrogen-bond donors (Lipinski definition) is 1. The molecule has 1 atom stereocenters. The van der Waals surface area contributed by atoms with Crippen LogP contribution in [-0.2, 0) is 6.42 Å². The van der Waals surface area contributed by atoms with Crippen molar-refractivity contribution in [1.29, 1.82) is 0 Å². The molecular weight excluding hydrogens is 377 g/mol. The van der Waals surface area contributed by atoms with Crippen molar-refractivity contribution in [2.75, 3.05) is 0 Å². The summed E-state index contributed by atoms with van der Waals surface area (Å²) in [5.41, 5.74) is 8.46. The van der Waals surface area contributed by atoms with Gasteiger partial charge in [-0.2, -0.15) is 0 Å². The van der Waals surface area contributed by atoms with Crippen LogP contribution >= 0.6 is 43.5 Å². The largest absolute Gasteiger partial charge is 0.324 e. The lowest BCUT2D eigenvalue weighted by Crippen LogP contribution is -2.13. The summed E-state index contributed by atoms with van der Waals surface area (Å²) >= 11 is 12.9. The third kappa shape index (κ3) is 3.82. The van der Waals surface area contributed by atoms with E-state index in [1.54, 1.807) is 0 Å². The molecule has 0 spiro atoms. The molecule has 4 heteroatoms. The lowest BCUT2D eigenvalue weighted by molar-refractivity contribution is 0.721. The topological polar surface area (TPSA) is 26.0 Å². The second-order valence-electron chi connectivity index (χ2n) is 4.14. The molecule has 0 radical (unpaired) electrons. The van der Waals surface area contributed by atoms with Crippen molar-refractivity contribution in [2.24, 2.45) is 5.73 Å². The average molecular weight is 390 g/mol. The van der Waals surface area contributed by atoms with E-state index in [1.807, 2.05) is 30.3 Å². The van der Waals surface area contributed by atoms with E-state index < -0.39 is 0 Å². The zero-order chi connectivity index (χ0) is 13.1. The van der Waals surface area contributed by atoms with E-state index in [-0.39, 0.29) is 6.04 Å². The average Bonchev–Trinajstić information content (AvgIpc) is 2.27. The Morgan fingerprint density at radius 1 is 1.06 bits per heavy atom. The minimum absolute atomic E-state index is 0.0608. The number of benzene rings is 2. The van der Waals surface area contributed by atoms with Crippen LogP contribution in [0.15, 0.2) is 51.4 Å². The Hall–Kier alpha value is -0.350. The van der Waals surface area contributed by atoms with Crippen LogP contribution in [0.4, 0.5) is 0 Å². The van der Waals surface area contributed by atoms with Gasteiger partial charge in [0.15, 0.2) is 0 Å². The highest BCUT2D eigenvalue weighted by atomic mass is 79.9. The molecule has 2 rings (SSSR count). The van der Waals surface area contributed by atoms with E-state index in [1.165, 1.54) is 5.56 Å². The van der Waals surface area contributed by atoms with Crippen molar-refractivity contribution in [2.45, 2.75) is 12.5 Å². The van der Waals surface area contributed by atoms with Crippen LogP contribution in [-0.4, -0.2) is 0 Å². The summed E-state index contributed by atoms with van der Waals surface area (Å²) in [6.07, 6.45) is 0.784. The van der Waals surface area contributed by atoms with Crippen molar-refractivity contribution in [3.63, 3.8) is 0 Å². The molecule has 0 fully saturated rings. The molecule has 18 heavy (non-hydrogen) atoms. The van der Waals surface area contributed by atoms with Gasteiger partial charge in [0, 0.05) is 20.0 Å². The van der Waals surface area contributed by atoms with E-state index in [0.717, 1.165) is 20.9 Å². The molecule has 0 bridgehead atoms. The van der Waals surface area contributed by atoms with Crippen molar-refractivity contribution >= 4 is 43.5 Å². The van der Waals surface area contributed by atoms with Crippen LogP contribution in [0, 0.1) is 0 Å². The van der Waals surface area contributed by atoms with Gasteiger partial charge in [0.2, 0.25) is 0 Å². The zero-order valence-electron chi connectivity index (χ0n) is 9.54. The molecule has 1 unspecified atom stereocenters. The summed E-state index contributed by atoms with van der Waals surface area (Å²) in [5, 5.41) is 0.698. The first kappa shape index (κ1) is 14.1. The van der Waals surface area contributed by atoms with Crippen LogP contribution in [0.2, 0.25) is 5.02 Å². The molecule has 0 saturated heterocycles. The molecule has 2 aromatic rings. The van der Waals surface area contributed by atoms with Gasteiger partial charge in [-0.25, -0.2) is 0 Å². The normalized spacial score (nSPS) is 12.4. The fourth-order valence-corrected chi connectivity index (χ4v) is 3.16. The predicted octanol–water partition coefficient (Wildman–Crippen LogP) is 5.11. The molecule has 0 aliphatic rings. The van der Waals surface area contributed by atoms with Crippen molar-refractivity contribution < 1.29 is 0 Å². The summed E-state index contributed by atoms with van der Waals surface area (Å²) in [6, 6.07) is 13.9. The van der Waals surface area contributed by atoms with Gasteiger partial charge in [-0.05, 0) is 47.9 Å². The smallest absolute Gasteiger partial charge is 0.0420 e. The maximum absolute atomic E-state index is 6.22. The van der Waals surface area contributed by atoms with Gasteiger partial charge in [-0.1, -0.05) is 55.6 Å². The first-order chi connectivity index (χ1) is 8.54. The molecule has 2 N–H and O–H groups in total. The maximum Gasteiger partial charge on any atom is 0.0420 e. The van der Waals surface area contributed by atoms with Crippen molar-refractivity contribution in [3.8, 4) is 0 Å². The van der Waals surface area contributed by atoms with Gasteiger partial charge in [0.1, 0.15) is 0 Å². The predicted molar refractivity (Wildman–Crippen MR) is 83.9 cm³/mol. The molecule has 0 saturated carbocycles. The highest BCUT2D eigenvalue weighted by Gasteiger charge is 2.09. The summed E-state index contributed by atoms with van der Waals surface area (Å²) in [5.74, 6) is 0. The Bertz CT molecular complexity index is 537. The monoisotopic (exact) mass is 387 g/mol. The molecule has 0 aliphatic carbocycles. The Morgan fingerprint density at radius 3 is 2.50 bits per heavy atom. The third-order valence-electron chi connectivity index (χ3n) is 2.66. The Balaban J connectivity index is 2.19. The van der Waals surface area contributed by atoms with Crippen molar-refractivity contribution in [3.05, 3.63) is 67.6 Å². The highest BCUT2D eigenvalue weighted by molar-refractivity contribution is 9.10. The van der Waals surface area contributed by atoms with Crippen molar-refractivity contribution in [1.82, 2.24) is 0 Å². The minimum atomic E-state index is -0.0608. The first-order valence-corrected chi connectivity index (χ1v) is 7.47. The second kappa shape index (κ2) is 6.20. The van der Waals surface area contributed by atoms with E-state index in [4.69, 9.17) is 17.3 Å². The van der Waals surface area contributed by atoms with E-state index in [2.05, 4.69) is 44.0 Å². The zero-order valence-corrected chi connectivity index (χ0v) is 13.5. The molecule has 0 aromatic heterocycles. The molecule has 0 heterocycles. The number of hydrogen-bond acceptors (Lipinski definition) is 1. The quantitative estimate of drug-likeness (QED) is 0.776. The number of halogens is 3. The maximum atomic E-state index is 6.22. The molecule has 2 aromatic carbocycles. The third-order valence-corrected chi connectivity index (χ3v) is 3.83. The minimum Gasteiger partial charge on any atom is -0.324 e. The van der Waals surface area contributed by atoms with E-state index in [9.17, 15) is 0 Å². The summed E-state index contributed by atoms with van der Waals surface area (Å²) in [4.78, 5) is 0. The molecule has 0 aliphatic heterocycles. The molecule has 1 nitrogen and oxygen atoms in total. The summed E-state index contributed by atoms with van der Waals surface area (Å²) in [6.45, 7) is 0. The van der Waals surface area contributed by atoms with Crippen LogP contribution in [0.1, 0.15) is 17.2 Å². The molecular formula is C14H12Br2ClN. The van der Waals surface area contributed by atoms with E-state index >= 15 is 0 Å². The first-order valence-electron chi connectivity index (χ1n) is 5.50. The Labute approximate surface area is 129 Å². The standard InChI is InChI=1S/C14H12Br2ClN/c15-11-3-1-2-9(4-11)5-14(18)10-6-12(16)8-13(17)7-10/h1-4,6-8,14H,5,18H2. The number of nitrogens with two attached hydrogens (primary N) is 1. The SMILES string of the molecule is NC(Cc1cccc(Br)c1)c1cc(Cl)cc(Br)c1. The lowest BCUT2D eigenvalue weighted by atomic mass is 10.00. The van der Waals surface area contributed by atoms with Gasteiger partial charge in [0.25, 0.3) is 0 Å². The Morgan fingerprint density at radius 2 is 1.83 bits per heavy atom. The fourth-order valence-electron chi connectivity index (χ4n) is 1.82. The van der Waals surface area contributed by atoms with Gasteiger partial charge >= 0.3 is 0 Å². The lowest BCUT2D eigenvalue weighted by Gasteiger charge is -2.13. The number of rotatable bonds is 3. The molecule has 0 amide bonds. The molecule has 94 valence electrons. The van der Waals surface area contributed by atoms with Gasteiger partial charge in [-0.15, -0.1) is 0 Å². The van der Waals surface area contributed by atoms with Crippen LogP contribution in [0.5, 0.6) is 0 Å². The van der Waals surface area contributed by atoms with Gasteiger partial charge in [0.05, 0.1) is 0 Å². The van der Waals surface area contributed by atoms with Gasteiger partial charge in [-0.3, -0.25) is 0 Å². The van der Waals surface area contributed by atoms with Crippen LogP contribution < -0.4 is 5.73 Å². The fraction of sp³-hybridized carbons (Fsp3) is 0.143. The van der Waals surface area contributed by atoms with Gasteiger partial charge < -0.3 is 5.73 Å².